The average molecular weight is 1160 g/mol. The molecule has 18 aliphatic rings. The monoisotopic (exact) mass is 1160 g/mol. The molecule has 14 aliphatic carbocycles. The summed E-state index contributed by atoms with van der Waals surface area (Å²) in [6.45, 7) is 22.0. The third-order valence-corrected chi connectivity index (χ3v) is 36.2. The molecule has 85 heavy (non-hydrogen) atoms. The zero-order chi connectivity index (χ0) is 56.8. The van der Waals surface area contributed by atoms with Gasteiger partial charge in [-0.3, -0.25) is 4.90 Å². The van der Waals surface area contributed by atoms with Crippen LogP contribution in [-0.2, 0) is 0 Å². The number of nitrogens with one attached hydrogen (secondary N) is 3. The van der Waals surface area contributed by atoms with E-state index in [1.807, 2.05) is 0 Å². The second kappa shape index (κ2) is 22.0. The van der Waals surface area contributed by atoms with Gasteiger partial charge in [-0.05, 0) is 330 Å². The highest BCUT2D eigenvalue weighted by atomic mass is 15.3. The predicted octanol–water partition coefficient (Wildman–Crippen LogP) is 18.6. The first-order valence-corrected chi connectivity index (χ1v) is 40.5. The molecule has 0 aromatic carbocycles. The molecule has 18 fully saturated rings. The molecule has 0 bridgehead atoms. The number of fused-ring (bicyclic) bond motifs is 21. The van der Waals surface area contributed by atoms with Gasteiger partial charge >= 0.3 is 0 Å². The van der Waals surface area contributed by atoms with Crippen LogP contribution in [-0.4, -0.2) is 61.6 Å². The van der Waals surface area contributed by atoms with Gasteiger partial charge < -0.3 is 16.0 Å². The van der Waals surface area contributed by atoms with Gasteiger partial charge in [-0.25, -0.2) is 0 Å². The van der Waals surface area contributed by atoms with E-state index < -0.39 is 0 Å². The van der Waals surface area contributed by atoms with E-state index in [-0.39, 0.29) is 0 Å². The summed E-state index contributed by atoms with van der Waals surface area (Å²) < 4.78 is 0. The number of likely N-dealkylation sites (tertiary alicyclic amines) is 1. The fourth-order valence-corrected chi connectivity index (χ4v) is 34.3. The van der Waals surface area contributed by atoms with Crippen LogP contribution in [0.25, 0.3) is 0 Å². The van der Waals surface area contributed by atoms with E-state index >= 15 is 0 Å². The Labute approximate surface area is 523 Å². The van der Waals surface area contributed by atoms with Gasteiger partial charge in [0.15, 0.2) is 6.71 Å². The molecule has 0 amide bonds. The van der Waals surface area contributed by atoms with Crippen LogP contribution >= 0.6 is 0 Å². The van der Waals surface area contributed by atoms with Gasteiger partial charge in [-0.2, -0.15) is 0 Å². The van der Waals surface area contributed by atoms with Gasteiger partial charge in [0.25, 0.3) is 0 Å². The summed E-state index contributed by atoms with van der Waals surface area (Å²) in [5, 5.41) is 14.3. The van der Waals surface area contributed by atoms with Gasteiger partial charge in [0.1, 0.15) is 0 Å². The standard InChI is InChI=1S/C80H131BN4/c1-78(2)63-27-15-11-21-51(63)59-36-34-57-49-19-7-9-25-55(49)70(72(57)74(59)78)66-40-31-46(43-82-66)81(47-32-41-67(83-44-47)71-56-26-10-8-20-50(56)58-35-37-60-52-22-12-16-28-64(52)79(3,4)75(60)73(58)71)48-33-42-69(84-45-48)85-68-30-18-14-24-54(68)62-39-38-61-53-23-13-17-29-65(53)80(5,6)76(61)77(62)85/h46-77,82-84H,7-45H2,1-6H3. The topological polar surface area (TPSA) is 39.3 Å². The molecule has 5 heteroatoms. The second-order valence-corrected chi connectivity index (χ2v) is 39.0. The Bertz CT molecular complexity index is 2120. The highest BCUT2D eigenvalue weighted by Gasteiger charge is 2.70. The molecule has 0 aromatic heterocycles. The fraction of sp³-hybridized carbons (Fsp3) is 1.00. The lowest BCUT2D eigenvalue weighted by Crippen LogP contribution is -2.61. The van der Waals surface area contributed by atoms with E-state index in [2.05, 4.69) is 46.4 Å². The van der Waals surface area contributed by atoms with E-state index in [1.165, 1.54) is 142 Å². The van der Waals surface area contributed by atoms with E-state index in [0.717, 1.165) is 190 Å². The highest BCUT2D eigenvalue weighted by Crippen LogP contribution is 2.75. The summed E-state index contributed by atoms with van der Waals surface area (Å²) in [5.74, 6) is 26.9. The molecular formula is C80H131BN4. The van der Waals surface area contributed by atoms with Crippen LogP contribution in [0.15, 0.2) is 0 Å². The van der Waals surface area contributed by atoms with Gasteiger partial charge in [-0.1, -0.05) is 138 Å². The summed E-state index contributed by atoms with van der Waals surface area (Å²) >= 11 is 0. The minimum absolute atomic E-state index is 0.508. The van der Waals surface area contributed by atoms with Crippen molar-refractivity contribution >= 4 is 6.71 Å². The van der Waals surface area contributed by atoms with Crippen LogP contribution in [0.3, 0.4) is 0 Å². The molecule has 3 N–H and O–H groups in total. The number of rotatable bonds is 6. The van der Waals surface area contributed by atoms with Crippen molar-refractivity contribution in [2.45, 2.75) is 320 Å². The Hall–Kier alpha value is -0.0951. The van der Waals surface area contributed by atoms with Crippen molar-refractivity contribution in [1.29, 1.82) is 0 Å². The Kier molecular flexibility index (Phi) is 14.9. The van der Waals surface area contributed by atoms with Crippen molar-refractivity contribution in [3.05, 3.63) is 0 Å². The third kappa shape index (κ3) is 8.66. The predicted molar refractivity (Wildman–Crippen MR) is 353 cm³/mol. The molecule has 18 rings (SSSR count). The van der Waals surface area contributed by atoms with E-state index in [4.69, 9.17) is 16.0 Å². The molecule has 4 heterocycles. The lowest BCUT2D eigenvalue weighted by atomic mass is 9.25. The van der Waals surface area contributed by atoms with Crippen LogP contribution in [0.4, 0.5) is 0 Å². The highest BCUT2D eigenvalue weighted by molar-refractivity contribution is 6.64. The van der Waals surface area contributed by atoms with Crippen molar-refractivity contribution < 1.29 is 0 Å². The maximum absolute atomic E-state index is 4.79. The fourth-order valence-electron chi connectivity index (χ4n) is 34.3. The molecule has 4 aliphatic heterocycles. The molecule has 4 nitrogen and oxygen atoms in total. The zero-order valence-corrected chi connectivity index (χ0v) is 56.1. The maximum atomic E-state index is 4.79. The van der Waals surface area contributed by atoms with Gasteiger partial charge in [0.2, 0.25) is 0 Å². The summed E-state index contributed by atoms with van der Waals surface area (Å²) in [6, 6.07) is 3.28. The van der Waals surface area contributed by atoms with E-state index in [1.54, 1.807) is 109 Å². The largest absolute Gasteiger partial charge is 0.314 e. The van der Waals surface area contributed by atoms with Crippen LogP contribution in [0.2, 0.25) is 17.5 Å². The third-order valence-electron chi connectivity index (χ3n) is 36.2. The Morgan fingerprint density at radius 2 is 0.635 bits per heavy atom. The Morgan fingerprint density at radius 1 is 0.282 bits per heavy atom. The number of hydrogen-bond acceptors (Lipinski definition) is 4. The molecule has 14 saturated carbocycles. The second-order valence-electron chi connectivity index (χ2n) is 39.0. The maximum Gasteiger partial charge on any atom is 0.153 e. The Morgan fingerprint density at radius 3 is 1.08 bits per heavy atom. The molecule has 4 saturated heterocycles. The van der Waals surface area contributed by atoms with Crippen LogP contribution in [0.5, 0.6) is 0 Å². The van der Waals surface area contributed by atoms with Crippen molar-refractivity contribution in [2.24, 2.45) is 158 Å². The number of nitrogens with zero attached hydrogens (tertiary/aromatic N) is 1. The van der Waals surface area contributed by atoms with Crippen molar-refractivity contribution in [2.75, 3.05) is 19.6 Å². The zero-order valence-electron chi connectivity index (χ0n) is 56.1. The van der Waals surface area contributed by atoms with Crippen LogP contribution < -0.4 is 16.0 Å². The SMILES string of the molecule is CC1(C)C2CCCCC2C2CCC3C4CCCCC4C(C4CCC(B(C5CCC(C6C7CCCCC7C7CCC8C9CCCCC9C(C)(C)C8C76)NC5)C5CCC(N6C7CCCCC7C7CCC8C9CCCCC9C(C)(C)C8C76)NC5)CN4)C3C21. The molecule has 0 radical (unpaired) electrons. The first-order chi connectivity index (χ1) is 41.5. The van der Waals surface area contributed by atoms with Crippen LogP contribution in [0, 0.1) is 158 Å². The first kappa shape index (κ1) is 57.6. The van der Waals surface area contributed by atoms with Crippen LogP contribution in [0.1, 0.15) is 273 Å². The molecule has 32 atom stereocenters. The lowest BCUT2D eigenvalue weighted by Gasteiger charge is -2.52. The normalized spacial score (nSPS) is 57.0. The van der Waals surface area contributed by atoms with E-state index in [9.17, 15) is 0 Å². The smallest absolute Gasteiger partial charge is 0.153 e. The van der Waals surface area contributed by atoms with Gasteiger partial charge in [0, 0.05) is 24.2 Å². The van der Waals surface area contributed by atoms with Gasteiger partial charge in [0.05, 0.1) is 6.17 Å². The van der Waals surface area contributed by atoms with E-state index in [0.29, 0.717) is 22.4 Å². The summed E-state index contributed by atoms with van der Waals surface area (Å²) in [7, 11) is 0. The molecular weight excluding hydrogens is 1030 g/mol. The summed E-state index contributed by atoms with van der Waals surface area (Å²) in [6.07, 6.45) is 56.2. The Balaban J connectivity index is 0.633. The molecule has 0 aromatic rings. The minimum atomic E-state index is 0.508. The van der Waals surface area contributed by atoms with Crippen molar-refractivity contribution in [1.82, 2.24) is 20.9 Å². The first-order valence-electron chi connectivity index (χ1n) is 40.5. The summed E-state index contributed by atoms with van der Waals surface area (Å²) in [5.41, 5.74) is 1.60. The lowest BCUT2D eigenvalue weighted by molar-refractivity contribution is -0.0230. The van der Waals surface area contributed by atoms with Crippen molar-refractivity contribution in [3.8, 4) is 0 Å². The van der Waals surface area contributed by atoms with Gasteiger partial charge in [-0.15, -0.1) is 0 Å². The average Bonchev–Trinajstić information content (AvgIpc) is 1.63. The quantitative estimate of drug-likeness (QED) is 0.232. The number of hydrogen-bond donors (Lipinski definition) is 3. The minimum Gasteiger partial charge on any atom is -0.314 e. The summed E-state index contributed by atoms with van der Waals surface area (Å²) in [4.78, 5) is 3.41. The molecule has 0 spiro atoms. The number of piperidine rings is 3. The molecule has 474 valence electrons. The molecule has 32 unspecified atom stereocenters. The van der Waals surface area contributed by atoms with Crippen molar-refractivity contribution in [3.63, 3.8) is 0 Å².